The molecule has 0 unspecified atom stereocenters. The van der Waals surface area contributed by atoms with E-state index in [1.807, 2.05) is 55.1 Å². The number of carbonyl (C=O) groups excluding carboxylic acids is 1. The van der Waals surface area contributed by atoms with E-state index in [2.05, 4.69) is 9.97 Å². The molecule has 0 aliphatic carbocycles. The van der Waals surface area contributed by atoms with Crippen molar-refractivity contribution in [1.82, 2.24) is 14.9 Å². The normalized spacial score (nSPS) is 13.3. The zero-order chi connectivity index (χ0) is 19.5. The van der Waals surface area contributed by atoms with Crippen LogP contribution in [0.15, 0.2) is 42.6 Å². The van der Waals surface area contributed by atoms with Crippen LogP contribution in [0, 0.1) is 0 Å². The molecule has 3 aromatic rings. The van der Waals surface area contributed by atoms with Gasteiger partial charge in [-0.05, 0) is 55.7 Å². The first-order chi connectivity index (χ1) is 13.7. The van der Waals surface area contributed by atoms with E-state index in [1.165, 1.54) is 5.56 Å². The molecule has 0 saturated carbocycles. The Morgan fingerprint density at radius 2 is 1.71 bits per heavy atom. The summed E-state index contributed by atoms with van der Waals surface area (Å²) in [6, 6.07) is 11.6. The molecule has 0 radical (unpaired) electrons. The number of benzene rings is 2. The van der Waals surface area contributed by atoms with E-state index >= 15 is 0 Å². The molecule has 1 aliphatic rings. The van der Waals surface area contributed by atoms with Crippen LogP contribution >= 0.6 is 0 Å². The molecule has 2 heterocycles. The Balaban J connectivity index is 1.60. The van der Waals surface area contributed by atoms with Crippen LogP contribution < -0.4 is 9.47 Å². The molecular formula is C22H23N3O3. The highest BCUT2D eigenvalue weighted by Crippen LogP contribution is 2.34. The fourth-order valence-electron chi connectivity index (χ4n) is 3.50. The first-order valence-corrected chi connectivity index (χ1v) is 9.62. The van der Waals surface area contributed by atoms with Crippen molar-refractivity contribution in [2.24, 2.45) is 0 Å². The van der Waals surface area contributed by atoms with Crippen molar-refractivity contribution in [3.05, 3.63) is 59.4 Å². The number of carbonyl (C=O) groups is 1. The number of rotatable bonds is 5. The van der Waals surface area contributed by atoms with Gasteiger partial charge >= 0.3 is 0 Å². The number of amides is 1. The summed E-state index contributed by atoms with van der Waals surface area (Å²) >= 11 is 0. The molecule has 0 saturated heterocycles. The Bertz CT molecular complexity index is 1020. The molecule has 28 heavy (non-hydrogen) atoms. The van der Waals surface area contributed by atoms with Crippen LogP contribution in [0.4, 0.5) is 0 Å². The maximum Gasteiger partial charge on any atom is 0.274 e. The zero-order valence-electron chi connectivity index (χ0n) is 16.1. The molecule has 2 aromatic carbocycles. The summed E-state index contributed by atoms with van der Waals surface area (Å²) in [5.74, 6) is 1.39. The van der Waals surface area contributed by atoms with Gasteiger partial charge in [-0.25, -0.2) is 4.98 Å². The van der Waals surface area contributed by atoms with E-state index in [-0.39, 0.29) is 5.91 Å². The van der Waals surface area contributed by atoms with Crippen LogP contribution in [-0.2, 0) is 13.0 Å². The monoisotopic (exact) mass is 377 g/mol. The van der Waals surface area contributed by atoms with Crippen molar-refractivity contribution >= 4 is 16.9 Å². The maximum absolute atomic E-state index is 13.0. The topological polar surface area (TPSA) is 64.6 Å². The highest BCUT2D eigenvalue weighted by molar-refractivity contribution is 5.94. The lowest BCUT2D eigenvalue weighted by atomic mass is 9.98. The lowest BCUT2D eigenvalue weighted by Crippen LogP contribution is -2.36. The second kappa shape index (κ2) is 7.84. The predicted molar refractivity (Wildman–Crippen MR) is 107 cm³/mol. The Labute approximate surface area is 164 Å². The van der Waals surface area contributed by atoms with E-state index in [1.54, 1.807) is 6.20 Å². The Hall–Kier alpha value is -3.15. The maximum atomic E-state index is 13.0. The molecule has 144 valence electrons. The van der Waals surface area contributed by atoms with Crippen molar-refractivity contribution in [1.29, 1.82) is 0 Å². The first kappa shape index (κ1) is 18.2. The number of ether oxygens (including phenoxy) is 2. The van der Waals surface area contributed by atoms with E-state index in [0.29, 0.717) is 32.0 Å². The third-order valence-corrected chi connectivity index (χ3v) is 4.83. The van der Waals surface area contributed by atoms with Crippen molar-refractivity contribution < 1.29 is 14.3 Å². The number of fused-ring (bicyclic) bond motifs is 2. The van der Waals surface area contributed by atoms with Crippen LogP contribution in [0.1, 0.15) is 35.5 Å². The van der Waals surface area contributed by atoms with Crippen LogP contribution in [0.25, 0.3) is 11.0 Å². The van der Waals surface area contributed by atoms with Crippen molar-refractivity contribution in [2.45, 2.75) is 26.8 Å². The van der Waals surface area contributed by atoms with Crippen LogP contribution in [0.5, 0.6) is 11.5 Å². The summed E-state index contributed by atoms with van der Waals surface area (Å²) < 4.78 is 11.4. The minimum Gasteiger partial charge on any atom is -0.490 e. The number of hydrogen-bond acceptors (Lipinski definition) is 5. The van der Waals surface area contributed by atoms with Crippen molar-refractivity contribution in [3.8, 4) is 11.5 Å². The SMILES string of the molecule is CCOc1cc2c(cc1OCC)CN(C(=O)c1cnc3ccccc3n1)CC2. The molecule has 0 spiro atoms. The van der Waals surface area contributed by atoms with Gasteiger partial charge in [-0.2, -0.15) is 0 Å². The van der Waals surface area contributed by atoms with Crippen molar-refractivity contribution in [3.63, 3.8) is 0 Å². The highest BCUT2D eigenvalue weighted by Gasteiger charge is 2.25. The smallest absolute Gasteiger partial charge is 0.274 e. The van der Waals surface area contributed by atoms with Crippen molar-refractivity contribution in [2.75, 3.05) is 19.8 Å². The van der Waals surface area contributed by atoms with E-state index in [0.717, 1.165) is 34.5 Å². The van der Waals surface area contributed by atoms with E-state index < -0.39 is 0 Å². The summed E-state index contributed by atoms with van der Waals surface area (Å²) in [4.78, 5) is 23.7. The minimum atomic E-state index is -0.101. The van der Waals surface area contributed by atoms with Gasteiger partial charge in [-0.15, -0.1) is 0 Å². The molecule has 6 heteroatoms. The third kappa shape index (κ3) is 3.50. The van der Waals surface area contributed by atoms with Gasteiger partial charge in [-0.3, -0.25) is 9.78 Å². The second-order valence-corrected chi connectivity index (χ2v) is 6.65. The van der Waals surface area contributed by atoms with Crippen LogP contribution in [0.3, 0.4) is 0 Å². The van der Waals surface area contributed by atoms with Gasteiger partial charge in [0, 0.05) is 13.1 Å². The molecule has 1 aliphatic heterocycles. The number of hydrogen-bond donors (Lipinski definition) is 0. The summed E-state index contributed by atoms with van der Waals surface area (Å²) in [5.41, 5.74) is 4.16. The fourth-order valence-corrected chi connectivity index (χ4v) is 3.50. The molecule has 1 amide bonds. The van der Waals surface area contributed by atoms with Gasteiger partial charge in [0.15, 0.2) is 11.5 Å². The molecule has 0 bridgehead atoms. The van der Waals surface area contributed by atoms with Crippen LogP contribution in [0.2, 0.25) is 0 Å². The summed E-state index contributed by atoms with van der Waals surface area (Å²) in [6.07, 6.45) is 2.33. The van der Waals surface area contributed by atoms with Gasteiger partial charge < -0.3 is 14.4 Å². The van der Waals surface area contributed by atoms with Gasteiger partial charge in [0.25, 0.3) is 5.91 Å². The number of para-hydroxylation sites is 2. The van der Waals surface area contributed by atoms with Crippen LogP contribution in [-0.4, -0.2) is 40.5 Å². The molecule has 6 nitrogen and oxygen atoms in total. The molecular weight excluding hydrogens is 354 g/mol. The minimum absolute atomic E-state index is 0.101. The fraction of sp³-hybridized carbons (Fsp3) is 0.318. The summed E-state index contributed by atoms with van der Waals surface area (Å²) in [6.45, 7) is 6.22. The van der Waals surface area contributed by atoms with Gasteiger partial charge in [-0.1, -0.05) is 12.1 Å². The Morgan fingerprint density at radius 3 is 2.43 bits per heavy atom. The highest BCUT2D eigenvalue weighted by atomic mass is 16.5. The summed E-state index contributed by atoms with van der Waals surface area (Å²) in [7, 11) is 0. The van der Waals surface area contributed by atoms with Gasteiger partial charge in [0.2, 0.25) is 0 Å². The molecule has 4 rings (SSSR count). The second-order valence-electron chi connectivity index (χ2n) is 6.65. The molecule has 0 fully saturated rings. The molecule has 0 N–H and O–H groups in total. The lowest BCUT2D eigenvalue weighted by molar-refractivity contribution is 0.0728. The first-order valence-electron chi connectivity index (χ1n) is 9.62. The average molecular weight is 377 g/mol. The quantitative estimate of drug-likeness (QED) is 0.679. The largest absolute Gasteiger partial charge is 0.490 e. The number of aromatic nitrogens is 2. The molecule has 1 aromatic heterocycles. The van der Waals surface area contributed by atoms with Gasteiger partial charge in [0.1, 0.15) is 5.69 Å². The van der Waals surface area contributed by atoms with E-state index in [4.69, 9.17) is 9.47 Å². The van der Waals surface area contributed by atoms with E-state index in [9.17, 15) is 4.79 Å². The van der Waals surface area contributed by atoms with Gasteiger partial charge in [0.05, 0.1) is 30.4 Å². The third-order valence-electron chi connectivity index (χ3n) is 4.83. The Morgan fingerprint density at radius 1 is 1.04 bits per heavy atom. The lowest BCUT2D eigenvalue weighted by Gasteiger charge is -2.29. The average Bonchev–Trinajstić information content (AvgIpc) is 2.73. The zero-order valence-corrected chi connectivity index (χ0v) is 16.1. The summed E-state index contributed by atoms with van der Waals surface area (Å²) in [5, 5.41) is 0. The standard InChI is InChI=1S/C22H23N3O3/c1-3-27-20-11-15-9-10-25(14-16(15)12-21(20)28-4-2)22(26)19-13-23-17-7-5-6-8-18(17)24-19/h5-8,11-13H,3-4,9-10,14H2,1-2H3. The molecule has 0 atom stereocenters. The number of nitrogens with zero attached hydrogens (tertiary/aromatic N) is 3. The Kier molecular flexibility index (Phi) is 5.10. The predicted octanol–water partition coefficient (Wildman–Crippen LogP) is 3.63.